The molecule has 2 rings (SSSR count). The van der Waals surface area contributed by atoms with Crippen LogP contribution in [0.5, 0.6) is 0 Å². The molecule has 1 aromatic rings. The van der Waals surface area contributed by atoms with Crippen LogP contribution in [0.15, 0.2) is 12.1 Å². The first-order chi connectivity index (χ1) is 7.66. The third-order valence-electron chi connectivity index (χ3n) is 3.25. The van der Waals surface area contributed by atoms with Crippen LogP contribution in [0.1, 0.15) is 24.2 Å². The van der Waals surface area contributed by atoms with Crippen LogP contribution in [-0.4, -0.2) is 33.6 Å². The Kier molecular flexibility index (Phi) is 3.29. The van der Waals surface area contributed by atoms with E-state index in [9.17, 15) is 4.79 Å². The predicted octanol–water partition coefficient (Wildman–Crippen LogP) is 1.25. The number of likely N-dealkylation sites (tertiary alicyclic amines) is 1. The molecular weight excluding hydrogens is 204 g/mol. The first-order valence-corrected chi connectivity index (χ1v) is 5.74. The number of rotatable bonds is 4. The van der Waals surface area contributed by atoms with E-state index in [1.807, 2.05) is 23.7 Å². The van der Waals surface area contributed by atoms with Crippen LogP contribution >= 0.6 is 0 Å². The fraction of sp³-hybridized carbons (Fsp3) is 0.583. The second kappa shape index (κ2) is 4.70. The van der Waals surface area contributed by atoms with Gasteiger partial charge in [-0.25, -0.2) is 0 Å². The number of carbonyl (C=O) groups is 1. The predicted molar refractivity (Wildman–Crippen MR) is 61.3 cm³/mol. The quantitative estimate of drug-likeness (QED) is 0.834. The summed E-state index contributed by atoms with van der Waals surface area (Å²) in [4.78, 5) is 13.1. The fourth-order valence-corrected chi connectivity index (χ4v) is 2.26. The van der Waals surface area contributed by atoms with Crippen molar-refractivity contribution in [3.05, 3.63) is 23.5 Å². The molecule has 88 valence electrons. The highest BCUT2D eigenvalue weighted by Crippen LogP contribution is 2.15. The first kappa shape index (κ1) is 11.2. The number of aliphatic carboxylic acids is 1. The Bertz CT molecular complexity index is 378. The van der Waals surface area contributed by atoms with Crippen LogP contribution in [0.2, 0.25) is 0 Å². The van der Waals surface area contributed by atoms with Crippen molar-refractivity contribution in [1.82, 2.24) is 9.47 Å². The van der Waals surface area contributed by atoms with Gasteiger partial charge in [0, 0.05) is 25.0 Å². The van der Waals surface area contributed by atoms with E-state index in [1.54, 1.807) is 0 Å². The van der Waals surface area contributed by atoms with Crippen LogP contribution in [0.4, 0.5) is 0 Å². The average Bonchev–Trinajstić information content (AvgIpc) is 2.82. The van der Waals surface area contributed by atoms with Crippen molar-refractivity contribution in [3.63, 3.8) is 0 Å². The van der Waals surface area contributed by atoms with E-state index >= 15 is 0 Å². The molecule has 1 saturated heterocycles. The summed E-state index contributed by atoms with van der Waals surface area (Å²) in [6, 6.07) is 3.95. The van der Waals surface area contributed by atoms with Crippen LogP contribution in [-0.2, 0) is 24.8 Å². The summed E-state index contributed by atoms with van der Waals surface area (Å²) in [5, 5.41) is 8.76. The number of hydrogen-bond acceptors (Lipinski definition) is 2. The lowest BCUT2D eigenvalue weighted by Crippen LogP contribution is -2.20. The monoisotopic (exact) mass is 222 g/mol. The van der Waals surface area contributed by atoms with Crippen molar-refractivity contribution in [2.75, 3.05) is 13.1 Å². The fourth-order valence-electron chi connectivity index (χ4n) is 2.26. The molecular formula is C12H18N2O2. The largest absolute Gasteiger partial charge is 0.481 e. The minimum atomic E-state index is -0.770. The molecule has 1 aliphatic rings. The van der Waals surface area contributed by atoms with E-state index in [1.165, 1.54) is 31.6 Å². The standard InChI is InChI=1S/C12H18N2O2/c1-13-10(8-12(15)16)4-5-11(13)9-14-6-2-3-7-14/h4-5H,2-3,6-9H2,1H3,(H,15,16). The molecule has 1 aromatic heterocycles. The molecule has 0 bridgehead atoms. The van der Waals surface area contributed by atoms with Crippen molar-refractivity contribution in [2.24, 2.45) is 7.05 Å². The van der Waals surface area contributed by atoms with Gasteiger partial charge in [-0.05, 0) is 38.1 Å². The smallest absolute Gasteiger partial charge is 0.309 e. The Morgan fingerprint density at radius 2 is 1.94 bits per heavy atom. The van der Waals surface area contributed by atoms with E-state index in [-0.39, 0.29) is 6.42 Å². The maximum atomic E-state index is 10.7. The molecule has 4 nitrogen and oxygen atoms in total. The molecule has 0 unspecified atom stereocenters. The SMILES string of the molecule is Cn1c(CC(=O)O)ccc1CN1CCCC1. The Balaban J connectivity index is 2.04. The third kappa shape index (κ3) is 2.44. The summed E-state index contributed by atoms with van der Waals surface area (Å²) in [6.45, 7) is 3.27. The van der Waals surface area contributed by atoms with Gasteiger partial charge in [-0.1, -0.05) is 0 Å². The number of nitrogens with zero attached hydrogens (tertiary/aromatic N) is 2. The maximum absolute atomic E-state index is 10.7. The first-order valence-electron chi connectivity index (χ1n) is 5.74. The molecule has 0 spiro atoms. The topological polar surface area (TPSA) is 45.5 Å². The van der Waals surface area contributed by atoms with Crippen molar-refractivity contribution in [1.29, 1.82) is 0 Å². The van der Waals surface area contributed by atoms with Gasteiger partial charge >= 0.3 is 5.97 Å². The van der Waals surface area contributed by atoms with E-state index in [4.69, 9.17) is 5.11 Å². The highest BCUT2D eigenvalue weighted by Gasteiger charge is 2.14. The minimum Gasteiger partial charge on any atom is -0.481 e. The zero-order valence-corrected chi connectivity index (χ0v) is 9.65. The summed E-state index contributed by atoms with van der Waals surface area (Å²) in [5.74, 6) is -0.770. The van der Waals surface area contributed by atoms with Crippen LogP contribution in [0.3, 0.4) is 0 Å². The Hall–Kier alpha value is -1.29. The molecule has 2 heterocycles. The lowest BCUT2D eigenvalue weighted by molar-refractivity contribution is -0.136. The van der Waals surface area contributed by atoms with Gasteiger partial charge in [0.2, 0.25) is 0 Å². The number of carboxylic acids is 1. The molecule has 4 heteroatoms. The summed E-state index contributed by atoms with van der Waals surface area (Å²) >= 11 is 0. The Labute approximate surface area is 95.5 Å². The molecule has 1 aliphatic heterocycles. The highest BCUT2D eigenvalue weighted by molar-refractivity contribution is 5.69. The number of carboxylic acid groups (broad SMARTS) is 1. The van der Waals surface area contributed by atoms with Gasteiger partial charge in [0.05, 0.1) is 6.42 Å². The van der Waals surface area contributed by atoms with Gasteiger partial charge in [-0.15, -0.1) is 0 Å². The lowest BCUT2D eigenvalue weighted by atomic mass is 10.3. The second-order valence-corrected chi connectivity index (χ2v) is 4.43. The summed E-state index contributed by atoms with van der Waals surface area (Å²) in [7, 11) is 1.95. The van der Waals surface area contributed by atoms with Gasteiger partial charge < -0.3 is 9.67 Å². The summed E-state index contributed by atoms with van der Waals surface area (Å²) in [5.41, 5.74) is 2.08. The Morgan fingerprint density at radius 1 is 1.31 bits per heavy atom. The van der Waals surface area contributed by atoms with E-state index in [0.29, 0.717) is 0 Å². The van der Waals surface area contributed by atoms with E-state index in [2.05, 4.69) is 4.90 Å². The average molecular weight is 222 g/mol. The van der Waals surface area contributed by atoms with Gasteiger partial charge in [0.15, 0.2) is 0 Å². The number of aromatic nitrogens is 1. The molecule has 1 N–H and O–H groups in total. The van der Waals surface area contributed by atoms with Gasteiger partial charge in [-0.3, -0.25) is 9.69 Å². The summed E-state index contributed by atoms with van der Waals surface area (Å²) < 4.78 is 2.01. The Morgan fingerprint density at radius 3 is 2.56 bits per heavy atom. The maximum Gasteiger partial charge on any atom is 0.309 e. The van der Waals surface area contributed by atoms with Gasteiger partial charge in [-0.2, -0.15) is 0 Å². The zero-order chi connectivity index (χ0) is 11.5. The van der Waals surface area contributed by atoms with Crippen molar-refractivity contribution < 1.29 is 9.90 Å². The molecule has 16 heavy (non-hydrogen) atoms. The molecule has 0 saturated carbocycles. The molecule has 0 amide bonds. The molecule has 1 fully saturated rings. The lowest BCUT2D eigenvalue weighted by Gasteiger charge is -2.15. The zero-order valence-electron chi connectivity index (χ0n) is 9.65. The van der Waals surface area contributed by atoms with E-state index < -0.39 is 5.97 Å². The highest BCUT2D eigenvalue weighted by atomic mass is 16.4. The molecule has 0 aliphatic carbocycles. The van der Waals surface area contributed by atoms with Crippen LogP contribution in [0.25, 0.3) is 0 Å². The van der Waals surface area contributed by atoms with Crippen LogP contribution in [0, 0.1) is 0 Å². The van der Waals surface area contributed by atoms with Crippen molar-refractivity contribution >= 4 is 5.97 Å². The molecule has 0 aromatic carbocycles. The molecule has 0 radical (unpaired) electrons. The third-order valence-corrected chi connectivity index (χ3v) is 3.25. The number of hydrogen-bond donors (Lipinski definition) is 1. The van der Waals surface area contributed by atoms with Gasteiger partial charge in [0.25, 0.3) is 0 Å². The molecule has 0 atom stereocenters. The second-order valence-electron chi connectivity index (χ2n) is 4.43. The summed E-state index contributed by atoms with van der Waals surface area (Å²) in [6.07, 6.45) is 2.68. The van der Waals surface area contributed by atoms with Gasteiger partial charge in [0.1, 0.15) is 0 Å². The van der Waals surface area contributed by atoms with Crippen LogP contribution < -0.4 is 0 Å². The van der Waals surface area contributed by atoms with Crippen molar-refractivity contribution in [3.8, 4) is 0 Å². The van der Waals surface area contributed by atoms with E-state index in [0.717, 1.165) is 12.2 Å². The minimum absolute atomic E-state index is 0.108. The normalized spacial score (nSPS) is 16.8. The van der Waals surface area contributed by atoms with Crippen molar-refractivity contribution in [2.45, 2.75) is 25.8 Å².